The number of nitrogens with zero attached hydrogens (tertiary/aromatic N) is 4. The van der Waals surface area contributed by atoms with E-state index in [-0.39, 0.29) is 12.2 Å². The Morgan fingerprint density at radius 3 is 2.80 bits per heavy atom. The minimum absolute atomic E-state index is 0.219. The summed E-state index contributed by atoms with van der Waals surface area (Å²) in [6.07, 6.45) is 0.963. The largest absolute Gasteiger partial charge is 0.444 e. The third-order valence-corrected chi connectivity index (χ3v) is 4.59. The van der Waals surface area contributed by atoms with Gasteiger partial charge in [0, 0.05) is 18.7 Å². The number of anilines is 1. The zero-order valence-corrected chi connectivity index (χ0v) is 17.9. The second-order valence-electron chi connectivity index (χ2n) is 7.88. The van der Waals surface area contributed by atoms with Crippen LogP contribution in [-0.2, 0) is 9.47 Å². The van der Waals surface area contributed by atoms with Crippen LogP contribution in [0.1, 0.15) is 26.3 Å². The summed E-state index contributed by atoms with van der Waals surface area (Å²) in [5.74, 6) is 0.400. The predicted molar refractivity (Wildman–Crippen MR) is 113 cm³/mol. The van der Waals surface area contributed by atoms with Crippen LogP contribution >= 0.6 is 11.6 Å². The quantitative estimate of drug-likeness (QED) is 0.790. The number of amides is 1. The summed E-state index contributed by atoms with van der Waals surface area (Å²) in [5.41, 5.74) is 1.38. The zero-order valence-electron chi connectivity index (χ0n) is 17.2. The van der Waals surface area contributed by atoms with Crippen LogP contribution < -0.4 is 5.32 Å². The fourth-order valence-corrected chi connectivity index (χ4v) is 3.10. The number of carbonyl (C=O) groups excluding carboxylic acids is 1. The molecule has 1 aliphatic heterocycles. The molecular weight excluding hydrogens is 406 g/mol. The number of nitrogens with one attached hydrogen (secondary N) is 1. The zero-order chi connectivity index (χ0) is 21.7. The standard InChI is InChI=1S/C21H24ClN5O3/c1-21(2,3)30-20(28)27-8-9-29-16(13-27)11-24-19-25-12-17(22)18(26-19)15-6-4-14(10-23)5-7-15/h4-7,12,16H,8-9,11,13H2,1-3H3,(H,24,25,26). The molecule has 0 saturated carbocycles. The first kappa shape index (κ1) is 21.8. The molecule has 30 heavy (non-hydrogen) atoms. The lowest BCUT2D eigenvalue weighted by Gasteiger charge is -2.34. The van der Waals surface area contributed by atoms with E-state index in [4.69, 9.17) is 26.3 Å². The lowest BCUT2D eigenvalue weighted by molar-refractivity contribution is -0.0371. The van der Waals surface area contributed by atoms with Gasteiger partial charge in [0.15, 0.2) is 0 Å². The highest BCUT2D eigenvalue weighted by molar-refractivity contribution is 6.32. The third kappa shape index (κ3) is 5.81. The van der Waals surface area contributed by atoms with Gasteiger partial charge in [-0.05, 0) is 32.9 Å². The summed E-state index contributed by atoms with van der Waals surface area (Å²) in [6.45, 7) is 7.29. The monoisotopic (exact) mass is 429 g/mol. The van der Waals surface area contributed by atoms with Crippen LogP contribution in [0.3, 0.4) is 0 Å². The van der Waals surface area contributed by atoms with E-state index in [2.05, 4.69) is 21.4 Å². The Bertz CT molecular complexity index is 937. The molecule has 1 atom stereocenters. The number of ether oxygens (including phenoxy) is 2. The van der Waals surface area contributed by atoms with Gasteiger partial charge in [-0.1, -0.05) is 23.7 Å². The Balaban J connectivity index is 1.63. The maximum Gasteiger partial charge on any atom is 0.410 e. The Kier molecular flexibility index (Phi) is 6.75. The van der Waals surface area contributed by atoms with Gasteiger partial charge < -0.3 is 19.7 Å². The molecule has 8 nitrogen and oxygen atoms in total. The topological polar surface area (TPSA) is 100 Å². The summed E-state index contributed by atoms with van der Waals surface area (Å²) < 4.78 is 11.2. The van der Waals surface area contributed by atoms with E-state index in [1.54, 1.807) is 29.2 Å². The molecule has 0 bridgehead atoms. The second-order valence-corrected chi connectivity index (χ2v) is 8.29. The van der Waals surface area contributed by atoms with Crippen molar-refractivity contribution in [1.82, 2.24) is 14.9 Å². The van der Waals surface area contributed by atoms with Gasteiger partial charge in [-0.2, -0.15) is 5.26 Å². The van der Waals surface area contributed by atoms with Crippen molar-refractivity contribution < 1.29 is 14.3 Å². The van der Waals surface area contributed by atoms with Crippen molar-refractivity contribution in [2.45, 2.75) is 32.5 Å². The van der Waals surface area contributed by atoms with Crippen molar-refractivity contribution in [3.63, 3.8) is 0 Å². The highest BCUT2D eigenvalue weighted by Gasteiger charge is 2.28. The summed E-state index contributed by atoms with van der Waals surface area (Å²) in [5, 5.41) is 12.5. The van der Waals surface area contributed by atoms with Gasteiger partial charge in [0.05, 0.1) is 47.8 Å². The van der Waals surface area contributed by atoms with Crippen LogP contribution in [0.15, 0.2) is 30.5 Å². The van der Waals surface area contributed by atoms with Gasteiger partial charge in [-0.3, -0.25) is 0 Å². The minimum atomic E-state index is -0.540. The summed E-state index contributed by atoms with van der Waals surface area (Å²) in [7, 11) is 0. The molecule has 1 saturated heterocycles. The van der Waals surface area contributed by atoms with Crippen molar-refractivity contribution in [3.8, 4) is 17.3 Å². The van der Waals surface area contributed by atoms with E-state index in [1.807, 2.05) is 20.8 Å². The van der Waals surface area contributed by atoms with Crippen molar-refractivity contribution in [1.29, 1.82) is 5.26 Å². The molecule has 158 valence electrons. The Morgan fingerprint density at radius 2 is 2.13 bits per heavy atom. The van der Waals surface area contributed by atoms with Crippen LogP contribution in [0.4, 0.5) is 10.7 Å². The average Bonchev–Trinajstić information content (AvgIpc) is 2.72. The van der Waals surface area contributed by atoms with E-state index >= 15 is 0 Å². The number of aromatic nitrogens is 2. The van der Waals surface area contributed by atoms with E-state index in [1.165, 1.54) is 6.20 Å². The molecule has 1 unspecified atom stereocenters. The number of hydrogen-bond donors (Lipinski definition) is 1. The van der Waals surface area contributed by atoms with E-state index in [9.17, 15) is 4.79 Å². The number of morpholine rings is 1. The van der Waals surface area contributed by atoms with Crippen LogP contribution in [0.2, 0.25) is 5.02 Å². The predicted octanol–water partition coefficient (Wildman–Crippen LogP) is 3.72. The molecule has 1 N–H and O–H groups in total. The van der Waals surface area contributed by atoms with Crippen molar-refractivity contribution in [2.75, 3.05) is 31.6 Å². The van der Waals surface area contributed by atoms with Gasteiger partial charge in [0.25, 0.3) is 0 Å². The van der Waals surface area contributed by atoms with Crippen LogP contribution in [-0.4, -0.2) is 58.9 Å². The molecule has 1 aliphatic rings. The SMILES string of the molecule is CC(C)(C)OC(=O)N1CCOC(CNc2ncc(Cl)c(-c3ccc(C#N)cc3)n2)C1. The molecule has 1 aromatic carbocycles. The number of carbonyl (C=O) groups is 1. The number of benzene rings is 1. The van der Waals surface area contributed by atoms with Gasteiger partial charge >= 0.3 is 6.09 Å². The molecule has 1 aromatic heterocycles. The Labute approximate surface area is 180 Å². The fourth-order valence-electron chi connectivity index (χ4n) is 2.90. The number of hydrogen-bond acceptors (Lipinski definition) is 7. The first-order valence-electron chi connectivity index (χ1n) is 9.61. The molecule has 1 amide bonds. The summed E-state index contributed by atoms with van der Waals surface area (Å²) >= 11 is 6.26. The second kappa shape index (κ2) is 9.28. The van der Waals surface area contributed by atoms with Crippen LogP contribution in [0.5, 0.6) is 0 Å². The number of halogens is 1. The smallest absolute Gasteiger partial charge is 0.410 e. The first-order chi connectivity index (χ1) is 14.2. The first-order valence-corrected chi connectivity index (χ1v) is 9.99. The van der Waals surface area contributed by atoms with Crippen molar-refractivity contribution in [3.05, 3.63) is 41.0 Å². The molecule has 2 aromatic rings. The Hall–Kier alpha value is -2.89. The molecule has 0 radical (unpaired) electrons. The van der Waals surface area contributed by atoms with Crippen molar-refractivity contribution >= 4 is 23.6 Å². The molecule has 0 aliphatic carbocycles. The maximum absolute atomic E-state index is 12.3. The minimum Gasteiger partial charge on any atom is -0.444 e. The summed E-state index contributed by atoms with van der Waals surface area (Å²) in [4.78, 5) is 22.6. The fraction of sp³-hybridized carbons (Fsp3) is 0.429. The van der Waals surface area contributed by atoms with Gasteiger partial charge in [0.1, 0.15) is 5.60 Å². The van der Waals surface area contributed by atoms with Gasteiger partial charge in [-0.25, -0.2) is 14.8 Å². The Morgan fingerprint density at radius 1 is 1.40 bits per heavy atom. The lowest BCUT2D eigenvalue weighted by atomic mass is 10.1. The normalized spacial score (nSPS) is 16.6. The molecule has 9 heteroatoms. The van der Waals surface area contributed by atoms with E-state index in [0.29, 0.717) is 48.5 Å². The van der Waals surface area contributed by atoms with Crippen LogP contribution in [0, 0.1) is 11.3 Å². The molecule has 2 heterocycles. The average molecular weight is 430 g/mol. The number of rotatable bonds is 4. The molecular formula is C21H24ClN5O3. The van der Waals surface area contributed by atoms with Crippen LogP contribution in [0.25, 0.3) is 11.3 Å². The highest BCUT2D eigenvalue weighted by Crippen LogP contribution is 2.26. The van der Waals surface area contributed by atoms with Crippen molar-refractivity contribution in [2.24, 2.45) is 0 Å². The highest BCUT2D eigenvalue weighted by atomic mass is 35.5. The summed E-state index contributed by atoms with van der Waals surface area (Å²) in [6, 6.07) is 9.09. The molecule has 3 rings (SSSR count). The maximum atomic E-state index is 12.3. The lowest BCUT2D eigenvalue weighted by Crippen LogP contribution is -2.49. The molecule has 0 spiro atoms. The van der Waals surface area contributed by atoms with E-state index in [0.717, 1.165) is 5.56 Å². The van der Waals surface area contributed by atoms with E-state index < -0.39 is 5.60 Å². The number of nitriles is 1. The third-order valence-electron chi connectivity index (χ3n) is 4.31. The molecule has 1 fully saturated rings. The van der Waals surface area contributed by atoms with Gasteiger partial charge in [0.2, 0.25) is 5.95 Å². The van der Waals surface area contributed by atoms with Gasteiger partial charge in [-0.15, -0.1) is 0 Å².